The maximum absolute atomic E-state index is 12.1. The van der Waals surface area contributed by atoms with Crippen LogP contribution >= 0.6 is 15.9 Å². The van der Waals surface area contributed by atoms with E-state index in [-0.39, 0.29) is 24.4 Å². The van der Waals surface area contributed by atoms with E-state index in [2.05, 4.69) is 26.6 Å². The summed E-state index contributed by atoms with van der Waals surface area (Å²) in [6, 6.07) is 16.3. The SMILES string of the molecule is CC(NC(=O)CNC(=O)c1cccc(Br)c1)c1cc2ccccc2o1. The van der Waals surface area contributed by atoms with Crippen molar-refractivity contribution in [1.29, 1.82) is 0 Å². The molecule has 1 aromatic heterocycles. The zero-order valence-electron chi connectivity index (χ0n) is 13.6. The van der Waals surface area contributed by atoms with E-state index in [1.54, 1.807) is 18.2 Å². The van der Waals surface area contributed by atoms with Gasteiger partial charge in [0, 0.05) is 15.4 Å². The lowest BCUT2D eigenvalue weighted by Crippen LogP contribution is -2.37. The molecule has 1 atom stereocenters. The van der Waals surface area contributed by atoms with Gasteiger partial charge in [-0.1, -0.05) is 40.2 Å². The van der Waals surface area contributed by atoms with Gasteiger partial charge in [0.2, 0.25) is 5.91 Å². The third-order valence-electron chi connectivity index (χ3n) is 3.75. The largest absolute Gasteiger partial charge is 0.459 e. The van der Waals surface area contributed by atoms with Crippen LogP contribution < -0.4 is 10.6 Å². The highest BCUT2D eigenvalue weighted by molar-refractivity contribution is 9.10. The summed E-state index contributed by atoms with van der Waals surface area (Å²) in [6.07, 6.45) is 0. The summed E-state index contributed by atoms with van der Waals surface area (Å²) in [7, 11) is 0. The molecule has 0 spiro atoms. The summed E-state index contributed by atoms with van der Waals surface area (Å²) >= 11 is 3.31. The molecular formula is C19H17BrN2O3. The van der Waals surface area contributed by atoms with Crippen LogP contribution in [0.2, 0.25) is 0 Å². The summed E-state index contributed by atoms with van der Waals surface area (Å²) in [5, 5.41) is 6.41. The van der Waals surface area contributed by atoms with Gasteiger partial charge in [-0.3, -0.25) is 9.59 Å². The molecule has 0 bridgehead atoms. The topological polar surface area (TPSA) is 71.3 Å². The Balaban J connectivity index is 1.55. The van der Waals surface area contributed by atoms with Crippen molar-refractivity contribution in [1.82, 2.24) is 10.6 Å². The molecule has 1 unspecified atom stereocenters. The minimum Gasteiger partial charge on any atom is -0.459 e. The average molecular weight is 401 g/mol. The molecule has 0 fully saturated rings. The highest BCUT2D eigenvalue weighted by Gasteiger charge is 2.15. The van der Waals surface area contributed by atoms with Crippen molar-refractivity contribution in [3.8, 4) is 0 Å². The van der Waals surface area contributed by atoms with Crippen LogP contribution in [0.25, 0.3) is 11.0 Å². The molecule has 1 heterocycles. The van der Waals surface area contributed by atoms with E-state index in [0.717, 1.165) is 15.4 Å². The second-order valence-electron chi connectivity index (χ2n) is 5.67. The Morgan fingerprint density at radius 2 is 1.92 bits per heavy atom. The van der Waals surface area contributed by atoms with Crippen molar-refractivity contribution >= 4 is 38.7 Å². The first-order valence-electron chi connectivity index (χ1n) is 7.84. The van der Waals surface area contributed by atoms with Crippen molar-refractivity contribution in [3.63, 3.8) is 0 Å². The molecule has 2 N–H and O–H groups in total. The maximum atomic E-state index is 12.1. The Morgan fingerprint density at radius 1 is 1.12 bits per heavy atom. The number of benzene rings is 2. The maximum Gasteiger partial charge on any atom is 0.251 e. The van der Waals surface area contributed by atoms with Crippen molar-refractivity contribution in [2.75, 3.05) is 6.54 Å². The zero-order chi connectivity index (χ0) is 17.8. The summed E-state index contributed by atoms with van der Waals surface area (Å²) in [6.45, 7) is 1.74. The molecule has 128 valence electrons. The summed E-state index contributed by atoms with van der Waals surface area (Å²) in [5.41, 5.74) is 1.27. The lowest BCUT2D eigenvalue weighted by Gasteiger charge is -2.12. The molecule has 0 aliphatic rings. The number of hydrogen-bond donors (Lipinski definition) is 2. The quantitative estimate of drug-likeness (QED) is 0.683. The van der Waals surface area contributed by atoms with E-state index in [1.165, 1.54) is 0 Å². The highest BCUT2D eigenvalue weighted by Crippen LogP contribution is 2.23. The van der Waals surface area contributed by atoms with Crippen molar-refractivity contribution in [3.05, 3.63) is 70.4 Å². The molecule has 2 amide bonds. The van der Waals surface area contributed by atoms with E-state index < -0.39 is 0 Å². The first-order chi connectivity index (χ1) is 12.0. The number of fused-ring (bicyclic) bond motifs is 1. The van der Waals surface area contributed by atoms with Gasteiger partial charge in [-0.15, -0.1) is 0 Å². The van der Waals surface area contributed by atoms with E-state index >= 15 is 0 Å². The smallest absolute Gasteiger partial charge is 0.251 e. The number of rotatable bonds is 5. The van der Waals surface area contributed by atoms with Crippen LogP contribution in [0.3, 0.4) is 0 Å². The third kappa shape index (κ3) is 4.28. The van der Waals surface area contributed by atoms with Gasteiger partial charge in [-0.05, 0) is 37.3 Å². The Hall–Kier alpha value is -2.60. The zero-order valence-corrected chi connectivity index (χ0v) is 15.2. The van der Waals surface area contributed by atoms with Crippen LogP contribution in [0.5, 0.6) is 0 Å². The second-order valence-corrected chi connectivity index (χ2v) is 6.58. The molecule has 0 saturated carbocycles. The fourth-order valence-corrected chi connectivity index (χ4v) is 2.87. The molecule has 0 aliphatic carbocycles. The lowest BCUT2D eigenvalue weighted by atomic mass is 10.2. The van der Waals surface area contributed by atoms with E-state index in [4.69, 9.17) is 4.42 Å². The van der Waals surface area contributed by atoms with Gasteiger partial charge >= 0.3 is 0 Å². The predicted molar refractivity (Wildman–Crippen MR) is 99.2 cm³/mol. The van der Waals surface area contributed by atoms with Gasteiger partial charge in [-0.2, -0.15) is 0 Å². The van der Waals surface area contributed by atoms with Gasteiger partial charge in [0.05, 0.1) is 12.6 Å². The molecule has 0 radical (unpaired) electrons. The molecule has 0 aliphatic heterocycles. The van der Waals surface area contributed by atoms with E-state index in [0.29, 0.717) is 11.3 Å². The van der Waals surface area contributed by atoms with Gasteiger partial charge in [-0.25, -0.2) is 0 Å². The number of halogens is 1. The molecule has 3 aromatic rings. The van der Waals surface area contributed by atoms with Crippen molar-refractivity contribution in [2.24, 2.45) is 0 Å². The first kappa shape index (κ1) is 17.2. The predicted octanol–water partition coefficient (Wildman–Crippen LogP) is 3.80. The Kier molecular flexibility index (Phi) is 5.19. The molecule has 2 aromatic carbocycles. The number of furan rings is 1. The van der Waals surface area contributed by atoms with Gasteiger partial charge in [0.1, 0.15) is 11.3 Å². The van der Waals surface area contributed by atoms with E-state index in [9.17, 15) is 9.59 Å². The Labute approximate surface area is 153 Å². The normalized spacial score (nSPS) is 11.9. The van der Waals surface area contributed by atoms with Crippen molar-refractivity contribution < 1.29 is 14.0 Å². The number of nitrogens with one attached hydrogen (secondary N) is 2. The Morgan fingerprint density at radius 3 is 2.68 bits per heavy atom. The number of carbonyl (C=O) groups excluding carboxylic acids is 2. The van der Waals surface area contributed by atoms with Crippen LogP contribution in [0.1, 0.15) is 29.1 Å². The van der Waals surface area contributed by atoms with Gasteiger partial charge in [0.15, 0.2) is 0 Å². The first-order valence-corrected chi connectivity index (χ1v) is 8.64. The minimum atomic E-state index is -0.298. The third-order valence-corrected chi connectivity index (χ3v) is 4.24. The minimum absolute atomic E-state index is 0.101. The standard InChI is InChI=1S/C19H17BrN2O3/c1-12(17-10-13-5-2-3-8-16(13)25-17)22-18(23)11-21-19(24)14-6-4-7-15(20)9-14/h2-10,12H,11H2,1H3,(H,21,24)(H,22,23). The van der Waals surface area contributed by atoms with Crippen LogP contribution in [-0.2, 0) is 4.79 Å². The number of amides is 2. The fourth-order valence-electron chi connectivity index (χ4n) is 2.47. The number of para-hydroxylation sites is 1. The second kappa shape index (κ2) is 7.53. The fraction of sp³-hybridized carbons (Fsp3) is 0.158. The molecular weight excluding hydrogens is 384 g/mol. The van der Waals surface area contributed by atoms with Crippen LogP contribution in [0.4, 0.5) is 0 Å². The monoisotopic (exact) mass is 400 g/mol. The molecule has 6 heteroatoms. The van der Waals surface area contributed by atoms with Gasteiger partial charge in [0.25, 0.3) is 5.91 Å². The van der Waals surface area contributed by atoms with Crippen LogP contribution in [-0.4, -0.2) is 18.4 Å². The summed E-state index contributed by atoms with van der Waals surface area (Å²) in [5.74, 6) is 0.0945. The van der Waals surface area contributed by atoms with E-state index in [1.807, 2.05) is 43.3 Å². The Bertz CT molecular complexity index is 887. The van der Waals surface area contributed by atoms with Crippen molar-refractivity contribution in [2.45, 2.75) is 13.0 Å². The van der Waals surface area contributed by atoms with Gasteiger partial charge < -0.3 is 15.1 Å². The molecule has 5 nitrogen and oxygen atoms in total. The lowest BCUT2D eigenvalue weighted by molar-refractivity contribution is -0.120. The van der Waals surface area contributed by atoms with Crippen LogP contribution in [0.15, 0.2) is 63.5 Å². The molecule has 3 rings (SSSR count). The molecule has 0 saturated heterocycles. The average Bonchev–Trinajstić information content (AvgIpc) is 3.04. The molecule has 25 heavy (non-hydrogen) atoms. The number of carbonyl (C=O) groups is 2. The summed E-state index contributed by atoms with van der Waals surface area (Å²) in [4.78, 5) is 24.1. The van der Waals surface area contributed by atoms with Crippen LogP contribution in [0, 0.1) is 0 Å². The summed E-state index contributed by atoms with van der Waals surface area (Å²) < 4.78 is 6.54. The number of hydrogen-bond acceptors (Lipinski definition) is 3. The highest BCUT2D eigenvalue weighted by atomic mass is 79.9.